The van der Waals surface area contributed by atoms with Gasteiger partial charge >= 0.3 is 6.09 Å². The van der Waals surface area contributed by atoms with E-state index in [0.29, 0.717) is 4.88 Å². The van der Waals surface area contributed by atoms with Gasteiger partial charge in [0.15, 0.2) is 6.61 Å². The minimum atomic E-state index is -1.13. The Balaban J connectivity index is 1.94. The molecule has 0 aromatic carbocycles. The number of amides is 2. The summed E-state index contributed by atoms with van der Waals surface area (Å²) >= 11 is 1.01. The van der Waals surface area contributed by atoms with E-state index in [1.54, 1.807) is 6.92 Å². The molecule has 0 radical (unpaired) electrons. The van der Waals surface area contributed by atoms with Crippen molar-refractivity contribution in [2.24, 2.45) is 5.41 Å². The lowest BCUT2D eigenvalue weighted by Crippen LogP contribution is -2.52. The molecule has 0 bridgehead atoms. The van der Waals surface area contributed by atoms with Crippen LogP contribution in [0, 0.1) is 36.6 Å². The maximum atomic E-state index is 13.7. The van der Waals surface area contributed by atoms with Gasteiger partial charge in [-0.15, -0.1) is 17.8 Å². The average Bonchev–Trinajstić information content (AvgIpc) is 3.04. The van der Waals surface area contributed by atoms with Gasteiger partial charge in [0, 0.05) is 23.1 Å². The fraction of sp³-hybridized carbons (Fsp3) is 0.400. The highest BCUT2D eigenvalue weighted by molar-refractivity contribution is 7.16. The van der Waals surface area contributed by atoms with Gasteiger partial charge < -0.3 is 10.1 Å². The van der Waals surface area contributed by atoms with Crippen molar-refractivity contribution in [1.82, 2.24) is 15.3 Å². The van der Waals surface area contributed by atoms with Crippen LogP contribution < -0.4 is 10.2 Å². The van der Waals surface area contributed by atoms with E-state index in [-0.39, 0.29) is 40.5 Å². The van der Waals surface area contributed by atoms with Crippen LogP contribution in [0.4, 0.5) is 24.4 Å². The van der Waals surface area contributed by atoms with Crippen LogP contribution in [0.2, 0.25) is 0 Å². The Kier molecular flexibility index (Phi) is 6.03. The highest BCUT2D eigenvalue weighted by Gasteiger charge is 2.40. The number of hydrogen-bond acceptors (Lipinski definition) is 6. The largest absolute Gasteiger partial charge is 0.436 e. The van der Waals surface area contributed by atoms with Gasteiger partial charge in [-0.3, -0.25) is 4.79 Å². The van der Waals surface area contributed by atoms with Crippen LogP contribution in [0.1, 0.15) is 42.1 Å². The summed E-state index contributed by atoms with van der Waals surface area (Å²) in [5.41, 5.74) is -0.0650. The Morgan fingerprint density at radius 1 is 1.37 bits per heavy atom. The molecule has 1 aliphatic rings. The molecule has 2 aromatic heterocycles. The summed E-state index contributed by atoms with van der Waals surface area (Å²) in [5.74, 6) is -0.487. The fourth-order valence-electron chi connectivity index (χ4n) is 3.09. The summed E-state index contributed by atoms with van der Waals surface area (Å²) in [7, 11) is 0. The number of anilines is 2. The minimum absolute atomic E-state index is 0.000423. The molecule has 1 N–H and O–H groups in total. The number of hydrogen-bond donors (Lipinski definition) is 1. The van der Waals surface area contributed by atoms with Gasteiger partial charge in [0.05, 0.1) is 5.69 Å². The molecule has 10 heteroatoms. The van der Waals surface area contributed by atoms with Crippen molar-refractivity contribution in [2.75, 3.05) is 11.5 Å². The predicted molar refractivity (Wildman–Crippen MR) is 108 cm³/mol. The number of terminal acetylenes is 1. The number of nitrogens with zero attached hydrogens (tertiary/aromatic N) is 3. The highest BCUT2D eigenvalue weighted by atomic mass is 32.1. The van der Waals surface area contributed by atoms with Crippen LogP contribution in [-0.4, -0.2) is 34.6 Å². The van der Waals surface area contributed by atoms with Gasteiger partial charge in [-0.25, -0.2) is 14.7 Å². The van der Waals surface area contributed by atoms with Crippen molar-refractivity contribution in [3.8, 4) is 12.3 Å². The standard InChI is InChI=1S/C20H20F2N4O3S/c1-5-8-29-19(28)26(12-9-14(21)24-15(22)10-12)18-25-16(11(2)30-18)17(27)23-13-6-7-20(13,3)4/h1,9-10,13H,6-8H2,2-4H3,(H,23,27). The number of pyridine rings is 1. The molecule has 158 valence electrons. The van der Waals surface area contributed by atoms with Gasteiger partial charge in [0.25, 0.3) is 5.91 Å². The first-order valence-corrected chi connectivity index (χ1v) is 9.96. The Morgan fingerprint density at radius 2 is 2.03 bits per heavy atom. The van der Waals surface area contributed by atoms with Crippen molar-refractivity contribution >= 4 is 34.2 Å². The Bertz CT molecular complexity index is 1010. The molecule has 0 spiro atoms. The number of aromatic nitrogens is 2. The number of halogens is 2. The van der Waals surface area contributed by atoms with Crippen LogP contribution in [0.25, 0.3) is 0 Å². The molecule has 30 heavy (non-hydrogen) atoms. The summed E-state index contributed by atoms with van der Waals surface area (Å²) in [6, 6.07) is 1.73. The molecule has 3 rings (SSSR count). The Labute approximate surface area is 176 Å². The topological polar surface area (TPSA) is 84.4 Å². The first-order valence-electron chi connectivity index (χ1n) is 9.14. The van der Waals surface area contributed by atoms with Gasteiger partial charge in [0.1, 0.15) is 5.69 Å². The molecule has 0 aliphatic heterocycles. The van der Waals surface area contributed by atoms with Crippen LogP contribution in [0.15, 0.2) is 12.1 Å². The molecule has 2 amide bonds. The third-order valence-corrected chi connectivity index (χ3v) is 5.94. The third kappa shape index (κ3) is 4.41. The zero-order valence-electron chi connectivity index (χ0n) is 16.7. The normalized spacial score (nSPS) is 16.9. The number of carbonyl (C=O) groups excluding carboxylic acids is 2. The van der Waals surface area contributed by atoms with Crippen LogP contribution >= 0.6 is 11.3 Å². The van der Waals surface area contributed by atoms with Crippen molar-refractivity contribution in [3.63, 3.8) is 0 Å². The summed E-state index contributed by atoms with van der Waals surface area (Å²) in [5, 5.41) is 2.96. The van der Waals surface area contributed by atoms with Crippen molar-refractivity contribution < 1.29 is 23.1 Å². The lowest BCUT2D eigenvalue weighted by molar-refractivity contribution is 0.0728. The summed E-state index contributed by atoms with van der Waals surface area (Å²) in [6.07, 6.45) is 6.01. The first-order chi connectivity index (χ1) is 14.1. The van der Waals surface area contributed by atoms with Crippen LogP contribution in [0.5, 0.6) is 0 Å². The Hall–Kier alpha value is -3.06. The molecular formula is C20H20F2N4O3S. The van der Waals surface area contributed by atoms with E-state index in [4.69, 9.17) is 11.2 Å². The van der Waals surface area contributed by atoms with Crippen molar-refractivity contribution in [3.05, 3.63) is 34.6 Å². The van der Waals surface area contributed by atoms with Gasteiger partial charge in [-0.2, -0.15) is 13.8 Å². The first kappa shape index (κ1) is 21.6. The number of carbonyl (C=O) groups is 2. The zero-order valence-corrected chi connectivity index (χ0v) is 17.5. The van der Waals surface area contributed by atoms with Gasteiger partial charge in [0.2, 0.25) is 17.0 Å². The predicted octanol–water partition coefficient (Wildman–Crippen LogP) is 3.95. The lowest BCUT2D eigenvalue weighted by atomic mass is 9.67. The van der Waals surface area contributed by atoms with E-state index in [9.17, 15) is 18.4 Å². The monoisotopic (exact) mass is 434 g/mol. The number of nitrogens with one attached hydrogen (secondary N) is 1. The van der Waals surface area contributed by atoms with E-state index < -0.39 is 18.0 Å². The number of thiazole rings is 1. The highest BCUT2D eigenvalue weighted by Crippen LogP contribution is 2.40. The average molecular weight is 434 g/mol. The van der Waals surface area contributed by atoms with Crippen LogP contribution in [0.3, 0.4) is 0 Å². The van der Waals surface area contributed by atoms with E-state index in [0.717, 1.165) is 41.2 Å². The molecule has 2 aromatic rings. The van der Waals surface area contributed by atoms with E-state index in [1.165, 1.54) is 0 Å². The smallest absolute Gasteiger partial charge is 0.421 e. The molecule has 2 heterocycles. The molecule has 1 fully saturated rings. The van der Waals surface area contributed by atoms with Crippen molar-refractivity contribution in [2.45, 2.75) is 39.7 Å². The maximum absolute atomic E-state index is 13.7. The summed E-state index contributed by atoms with van der Waals surface area (Å²) in [4.78, 5) is 33.9. The second-order valence-electron chi connectivity index (χ2n) is 7.52. The number of aryl methyl sites for hydroxylation is 1. The van der Waals surface area contributed by atoms with Gasteiger partial charge in [-0.05, 0) is 25.2 Å². The molecular weight excluding hydrogens is 414 g/mol. The molecule has 1 unspecified atom stereocenters. The Morgan fingerprint density at radius 3 is 2.57 bits per heavy atom. The molecule has 1 aliphatic carbocycles. The molecule has 1 saturated carbocycles. The second-order valence-corrected chi connectivity index (χ2v) is 8.70. The van der Waals surface area contributed by atoms with E-state index in [1.807, 2.05) is 0 Å². The second kappa shape index (κ2) is 8.36. The zero-order chi connectivity index (χ0) is 22.1. The van der Waals surface area contributed by atoms with Gasteiger partial charge in [-0.1, -0.05) is 19.8 Å². The fourth-order valence-corrected chi connectivity index (χ4v) is 4.01. The van der Waals surface area contributed by atoms with E-state index >= 15 is 0 Å². The number of ether oxygens (including phenoxy) is 1. The summed E-state index contributed by atoms with van der Waals surface area (Å²) in [6.45, 7) is 5.45. The minimum Gasteiger partial charge on any atom is -0.436 e. The molecule has 7 nitrogen and oxygen atoms in total. The van der Waals surface area contributed by atoms with Crippen molar-refractivity contribution in [1.29, 1.82) is 0 Å². The van der Waals surface area contributed by atoms with E-state index in [2.05, 4.69) is 35.1 Å². The van der Waals surface area contributed by atoms with Crippen LogP contribution in [-0.2, 0) is 4.74 Å². The number of rotatable bonds is 5. The third-order valence-electron chi connectivity index (χ3n) is 4.99. The summed E-state index contributed by atoms with van der Waals surface area (Å²) < 4.78 is 32.2. The molecule has 1 atom stereocenters. The SMILES string of the molecule is C#CCOC(=O)N(c1cc(F)nc(F)c1)c1nc(C(=O)NC2CCC2(C)C)c(C)s1. The maximum Gasteiger partial charge on any atom is 0.421 e. The molecule has 0 saturated heterocycles. The quantitative estimate of drug-likeness (QED) is 0.569. The lowest BCUT2D eigenvalue weighted by Gasteiger charge is -2.44.